The molecule has 0 atom stereocenters. The van der Waals surface area contributed by atoms with E-state index in [1.807, 2.05) is 24.3 Å². The molecule has 0 amide bonds. The Morgan fingerprint density at radius 1 is 0.706 bits per heavy atom. The Morgan fingerprint density at radius 3 is 2.06 bits per heavy atom. The molecular weight excluding hydrogens is 327 g/mol. The van der Waals surface area contributed by atoms with Crippen molar-refractivity contribution in [3.8, 4) is 11.1 Å². The minimum absolute atomic E-state index is 0.405. The molecular formula is C14H7IO2. The number of hydrogen-bond donors (Lipinski definition) is 0. The summed E-state index contributed by atoms with van der Waals surface area (Å²) in [7, 11) is 0. The van der Waals surface area contributed by atoms with Crippen LogP contribution in [-0.4, -0.2) is 11.6 Å². The average Bonchev–Trinajstić information content (AvgIpc) is 2.36. The summed E-state index contributed by atoms with van der Waals surface area (Å²) in [6, 6.07) is 12.9. The molecule has 0 saturated heterocycles. The van der Waals surface area contributed by atoms with Gasteiger partial charge in [0, 0.05) is 14.7 Å². The zero-order chi connectivity index (χ0) is 12.0. The summed E-state index contributed by atoms with van der Waals surface area (Å²) in [4.78, 5) is 23.9. The number of carbonyl (C=O) groups is 2. The topological polar surface area (TPSA) is 34.1 Å². The molecule has 0 radical (unpaired) electrons. The second-order valence-corrected chi connectivity index (χ2v) is 5.14. The molecule has 2 aromatic carbocycles. The highest BCUT2D eigenvalue weighted by molar-refractivity contribution is 14.1. The third kappa shape index (κ3) is 1.53. The lowest BCUT2D eigenvalue weighted by atomic mass is 9.84. The first kappa shape index (κ1) is 10.7. The van der Waals surface area contributed by atoms with Crippen molar-refractivity contribution in [3.05, 3.63) is 57.2 Å². The van der Waals surface area contributed by atoms with Crippen LogP contribution < -0.4 is 0 Å². The third-order valence-electron chi connectivity index (χ3n) is 2.89. The minimum atomic E-state index is -0.407. The molecule has 0 aliphatic heterocycles. The lowest BCUT2D eigenvalue weighted by molar-refractivity contribution is 0.0815. The van der Waals surface area contributed by atoms with Crippen molar-refractivity contribution in [2.75, 3.05) is 0 Å². The van der Waals surface area contributed by atoms with Gasteiger partial charge >= 0.3 is 0 Å². The maximum atomic E-state index is 12.0. The summed E-state index contributed by atoms with van der Waals surface area (Å²) < 4.78 is 0.960. The van der Waals surface area contributed by atoms with Crippen LogP contribution in [0.25, 0.3) is 11.1 Å². The second-order valence-electron chi connectivity index (χ2n) is 3.89. The fourth-order valence-electron chi connectivity index (χ4n) is 2.10. The number of benzene rings is 2. The van der Waals surface area contributed by atoms with Gasteiger partial charge in [-0.2, -0.15) is 0 Å². The van der Waals surface area contributed by atoms with E-state index in [1.54, 1.807) is 18.2 Å². The summed E-state index contributed by atoms with van der Waals surface area (Å²) in [6.45, 7) is 0. The molecule has 17 heavy (non-hydrogen) atoms. The minimum Gasteiger partial charge on any atom is -0.285 e. The Hall–Kier alpha value is -1.49. The molecule has 0 aromatic heterocycles. The van der Waals surface area contributed by atoms with Crippen LogP contribution >= 0.6 is 22.6 Å². The highest BCUT2D eigenvalue weighted by Crippen LogP contribution is 2.33. The molecule has 3 rings (SSSR count). The zero-order valence-electron chi connectivity index (χ0n) is 8.74. The summed E-state index contributed by atoms with van der Waals surface area (Å²) in [5.41, 5.74) is 2.72. The molecule has 0 N–H and O–H groups in total. The van der Waals surface area contributed by atoms with Crippen LogP contribution in [0.5, 0.6) is 0 Å². The number of rotatable bonds is 0. The monoisotopic (exact) mass is 334 g/mol. The summed E-state index contributed by atoms with van der Waals surface area (Å²) in [6.07, 6.45) is 0. The Labute approximate surface area is 112 Å². The smallest absolute Gasteiger partial charge is 0.234 e. The lowest BCUT2D eigenvalue weighted by Gasteiger charge is -2.17. The molecule has 0 saturated carbocycles. The lowest BCUT2D eigenvalue weighted by Crippen LogP contribution is -2.21. The van der Waals surface area contributed by atoms with Crippen molar-refractivity contribution in [3.63, 3.8) is 0 Å². The Kier molecular flexibility index (Phi) is 2.36. The molecule has 0 unspecified atom stereocenters. The van der Waals surface area contributed by atoms with E-state index in [4.69, 9.17) is 0 Å². The van der Waals surface area contributed by atoms with E-state index in [9.17, 15) is 9.59 Å². The molecule has 3 heteroatoms. The molecule has 0 heterocycles. The number of hydrogen-bond acceptors (Lipinski definition) is 2. The van der Waals surface area contributed by atoms with Crippen molar-refractivity contribution < 1.29 is 9.59 Å². The highest BCUT2D eigenvalue weighted by atomic mass is 127. The van der Waals surface area contributed by atoms with Crippen LogP contribution in [0.3, 0.4) is 0 Å². The van der Waals surface area contributed by atoms with Gasteiger partial charge in [0.15, 0.2) is 0 Å². The van der Waals surface area contributed by atoms with Gasteiger partial charge in [0.05, 0.1) is 0 Å². The van der Waals surface area contributed by atoms with E-state index in [0.29, 0.717) is 11.1 Å². The van der Waals surface area contributed by atoms with Crippen molar-refractivity contribution in [1.29, 1.82) is 0 Å². The Bertz CT molecular complexity index is 659. The van der Waals surface area contributed by atoms with E-state index in [1.165, 1.54) is 0 Å². The number of ketones is 2. The summed E-state index contributed by atoms with van der Waals surface area (Å²) in [5.74, 6) is -0.813. The van der Waals surface area contributed by atoms with Gasteiger partial charge in [-0.1, -0.05) is 30.3 Å². The Morgan fingerprint density at radius 2 is 1.29 bits per heavy atom. The fraction of sp³-hybridized carbons (Fsp3) is 0. The van der Waals surface area contributed by atoms with Gasteiger partial charge < -0.3 is 0 Å². The van der Waals surface area contributed by atoms with Gasteiger partial charge in [0.25, 0.3) is 0 Å². The van der Waals surface area contributed by atoms with Crippen molar-refractivity contribution in [1.82, 2.24) is 0 Å². The predicted molar refractivity (Wildman–Crippen MR) is 73.3 cm³/mol. The highest BCUT2D eigenvalue weighted by Gasteiger charge is 2.29. The molecule has 0 spiro atoms. The van der Waals surface area contributed by atoms with Gasteiger partial charge in [-0.15, -0.1) is 0 Å². The van der Waals surface area contributed by atoms with Crippen molar-refractivity contribution in [2.24, 2.45) is 0 Å². The van der Waals surface area contributed by atoms with Gasteiger partial charge in [0.2, 0.25) is 11.6 Å². The molecule has 0 bridgehead atoms. The largest absolute Gasteiger partial charge is 0.285 e. The molecule has 1 aliphatic carbocycles. The maximum absolute atomic E-state index is 12.0. The van der Waals surface area contributed by atoms with Crippen LogP contribution in [0.2, 0.25) is 0 Å². The standard InChI is InChI=1S/C14H7IO2/c15-8-5-6-10-9-3-1-2-4-11(9)13(16)14(17)12(10)7-8/h1-7H. The van der Waals surface area contributed by atoms with Crippen molar-refractivity contribution >= 4 is 34.2 Å². The number of Topliss-reactive ketones (excluding diaryl/α,β-unsaturated/α-hetero) is 2. The molecule has 82 valence electrons. The van der Waals surface area contributed by atoms with E-state index in [0.717, 1.165) is 14.7 Å². The molecule has 2 nitrogen and oxygen atoms in total. The first-order valence-electron chi connectivity index (χ1n) is 5.16. The average molecular weight is 334 g/mol. The van der Waals surface area contributed by atoms with Gasteiger partial charge in [-0.25, -0.2) is 0 Å². The number of carbonyl (C=O) groups excluding carboxylic acids is 2. The first-order valence-corrected chi connectivity index (χ1v) is 6.24. The third-order valence-corrected chi connectivity index (χ3v) is 3.57. The normalized spacial score (nSPS) is 13.2. The quantitative estimate of drug-likeness (QED) is 0.547. The van der Waals surface area contributed by atoms with Gasteiger partial charge in [0.1, 0.15) is 0 Å². The molecule has 0 fully saturated rings. The van der Waals surface area contributed by atoms with E-state index >= 15 is 0 Å². The Balaban J connectivity index is 2.40. The first-order chi connectivity index (χ1) is 8.18. The summed E-state index contributed by atoms with van der Waals surface area (Å²) >= 11 is 2.14. The van der Waals surface area contributed by atoms with E-state index < -0.39 is 11.6 Å². The molecule has 2 aromatic rings. The number of halogens is 1. The van der Waals surface area contributed by atoms with Crippen LogP contribution in [0.4, 0.5) is 0 Å². The summed E-state index contributed by atoms with van der Waals surface area (Å²) in [5, 5.41) is 0. The zero-order valence-corrected chi connectivity index (χ0v) is 10.9. The molecule has 1 aliphatic rings. The van der Waals surface area contributed by atoms with E-state index in [2.05, 4.69) is 22.6 Å². The van der Waals surface area contributed by atoms with Gasteiger partial charge in [-0.05, 0) is 45.9 Å². The van der Waals surface area contributed by atoms with Crippen molar-refractivity contribution in [2.45, 2.75) is 0 Å². The number of fused-ring (bicyclic) bond motifs is 3. The van der Waals surface area contributed by atoms with Crippen LogP contribution in [0, 0.1) is 3.57 Å². The fourth-order valence-corrected chi connectivity index (χ4v) is 2.59. The predicted octanol–water partition coefficient (Wildman–Crippen LogP) is 3.34. The van der Waals surface area contributed by atoms with Crippen LogP contribution in [0.15, 0.2) is 42.5 Å². The van der Waals surface area contributed by atoms with Gasteiger partial charge in [-0.3, -0.25) is 9.59 Å². The van der Waals surface area contributed by atoms with E-state index in [-0.39, 0.29) is 0 Å². The van der Waals surface area contributed by atoms with Crippen LogP contribution in [0.1, 0.15) is 20.7 Å². The van der Waals surface area contributed by atoms with Crippen LogP contribution in [-0.2, 0) is 0 Å². The SMILES string of the molecule is O=C1C(=O)c2cc(I)ccc2-c2ccccc21. The maximum Gasteiger partial charge on any atom is 0.234 e. The second kappa shape index (κ2) is 3.77.